The molecule has 0 radical (unpaired) electrons. The first-order valence-electron chi connectivity index (χ1n) is 4.11. The van der Waals surface area contributed by atoms with Gasteiger partial charge in [-0.2, -0.15) is 0 Å². The molecule has 0 aliphatic carbocycles. The molecule has 14 heavy (non-hydrogen) atoms. The van der Waals surface area contributed by atoms with E-state index in [2.05, 4.69) is 49.3 Å². The molecule has 0 bridgehead atoms. The van der Waals surface area contributed by atoms with Crippen LogP contribution >= 0.6 is 38.5 Å². The van der Waals surface area contributed by atoms with E-state index in [-0.39, 0.29) is 5.97 Å². The Morgan fingerprint density at radius 3 is 2.79 bits per heavy atom. The number of methoxy groups -OCH3 is 1. The number of ether oxygens (including phenoxy) is 1. The maximum absolute atomic E-state index is 11.3. The molecule has 0 saturated carbocycles. The summed E-state index contributed by atoms with van der Waals surface area (Å²) < 4.78 is 5.73. The van der Waals surface area contributed by atoms with Gasteiger partial charge in [0.25, 0.3) is 0 Å². The summed E-state index contributed by atoms with van der Waals surface area (Å²) in [6.45, 7) is 0. The SMILES string of the molecule is COC(=O)c1cc(I)cc(CCBr)c1. The maximum atomic E-state index is 11.3. The Labute approximate surface area is 105 Å². The minimum Gasteiger partial charge on any atom is -0.465 e. The van der Waals surface area contributed by atoms with Crippen molar-refractivity contribution in [1.29, 1.82) is 0 Å². The molecule has 1 rings (SSSR count). The Morgan fingerprint density at radius 2 is 2.21 bits per heavy atom. The molecule has 0 N–H and O–H groups in total. The number of benzene rings is 1. The molecule has 76 valence electrons. The normalized spacial score (nSPS) is 9.93. The molecule has 0 amide bonds. The molecule has 4 heteroatoms. The van der Waals surface area contributed by atoms with Crippen molar-refractivity contribution >= 4 is 44.5 Å². The molecule has 0 unspecified atom stereocenters. The number of carbonyl (C=O) groups is 1. The Hall–Kier alpha value is -0.100. The van der Waals surface area contributed by atoms with Crippen LogP contribution in [-0.4, -0.2) is 18.4 Å². The van der Waals surface area contributed by atoms with Gasteiger partial charge < -0.3 is 4.74 Å². The zero-order valence-electron chi connectivity index (χ0n) is 7.72. The highest BCUT2D eigenvalue weighted by Gasteiger charge is 2.07. The fourth-order valence-corrected chi connectivity index (χ4v) is 2.33. The van der Waals surface area contributed by atoms with Gasteiger partial charge in [0.05, 0.1) is 12.7 Å². The molecule has 2 nitrogen and oxygen atoms in total. The second kappa shape index (κ2) is 5.70. The average molecular weight is 369 g/mol. The van der Waals surface area contributed by atoms with Gasteiger partial charge in [0.2, 0.25) is 0 Å². The minimum absolute atomic E-state index is 0.278. The number of esters is 1. The van der Waals surface area contributed by atoms with Crippen LogP contribution in [0.15, 0.2) is 18.2 Å². The predicted octanol–water partition coefficient (Wildman–Crippen LogP) is 3.02. The largest absolute Gasteiger partial charge is 0.465 e. The van der Waals surface area contributed by atoms with Crippen molar-refractivity contribution < 1.29 is 9.53 Å². The van der Waals surface area contributed by atoms with Crippen LogP contribution in [0.5, 0.6) is 0 Å². The van der Waals surface area contributed by atoms with E-state index in [9.17, 15) is 4.79 Å². The quantitative estimate of drug-likeness (QED) is 0.465. The van der Waals surface area contributed by atoms with E-state index >= 15 is 0 Å². The van der Waals surface area contributed by atoms with Gasteiger partial charge in [0, 0.05) is 8.90 Å². The Kier molecular flexibility index (Phi) is 4.88. The van der Waals surface area contributed by atoms with Crippen LogP contribution in [0.25, 0.3) is 0 Å². The number of alkyl halides is 1. The van der Waals surface area contributed by atoms with Crippen LogP contribution in [0.3, 0.4) is 0 Å². The third-order valence-electron chi connectivity index (χ3n) is 1.76. The lowest BCUT2D eigenvalue weighted by Gasteiger charge is -2.04. The van der Waals surface area contributed by atoms with E-state index in [1.165, 1.54) is 7.11 Å². The van der Waals surface area contributed by atoms with Crippen molar-refractivity contribution in [2.24, 2.45) is 0 Å². The monoisotopic (exact) mass is 368 g/mol. The average Bonchev–Trinajstić information content (AvgIpc) is 2.16. The molecule has 1 aromatic rings. The van der Waals surface area contributed by atoms with Gasteiger partial charge in [0.15, 0.2) is 0 Å². The standard InChI is InChI=1S/C10H10BrIO2/c1-14-10(13)8-4-7(2-3-11)5-9(12)6-8/h4-6H,2-3H2,1H3. The zero-order chi connectivity index (χ0) is 10.6. The summed E-state index contributed by atoms with van der Waals surface area (Å²) in [4.78, 5) is 11.3. The minimum atomic E-state index is -0.278. The van der Waals surface area contributed by atoms with Crippen molar-refractivity contribution in [2.45, 2.75) is 6.42 Å². The topological polar surface area (TPSA) is 26.3 Å². The van der Waals surface area contributed by atoms with Crippen molar-refractivity contribution in [3.8, 4) is 0 Å². The first-order valence-corrected chi connectivity index (χ1v) is 6.31. The van der Waals surface area contributed by atoms with Crippen LogP contribution < -0.4 is 0 Å². The molecule has 0 aliphatic heterocycles. The fraction of sp³-hybridized carbons (Fsp3) is 0.300. The van der Waals surface area contributed by atoms with Crippen LogP contribution in [-0.2, 0) is 11.2 Å². The van der Waals surface area contributed by atoms with Crippen LogP contribution in [0.2, 0.25) is 0 Å². The summed E-state index contributed by atoms with van der Waals surface area (Å²) in [7, 11) is 1.40. The number of aryl methyl sites for hydroxylation is 1. The molecule has 1 aromatic carbocycles. The molecular weight excluding hydrogens is 359 g/mol. The molecule has 0 aliphatic rings. The second-order valence-electron chi connectivity index (χ2n) is 2.78. The molecule has 0 atom stereocenters. The van der Waals surface area contributed by atoms with E-state index in [1.807, 2.05) is 12.1 Å². The lowest BCUT2D eigenvalue weighted by atomic mass is 10.1. The van der Waals surface area contributed by atoms with Crippen LogP contribution in [0.4, 0.5) is 0 Å². The van der Waals surface area contributed by atoms with E-state index in [0.29, 0.717) is 5.56 Å². The number of carbonyl (C=O) groups excluding carboxylic acids is 1. The van der Waals surface area contributed by atoms with Gasteiger partial charge in [-0.15, -0.1) is 0 Å². The molecular formula is C10H10BrIO2. The summed E-state index contributed by atoms with van der Waals surface area (Å²) in [5.41, 5.74) is 1.77. The molecule has 0 aromatic heterocycles. The van der Waals surface area contributed by atoms with Gasteiger partial charge in [-0.3, -0.25) is 0 Å². The molecule has 0 spiro atoms. The second-order valence-corrected chi connectivity index (χ2v) is 4.82. The van der Waals surface area contributed by atoms with Crippen molar-refractivity contribution in [1.82, 2.24) is 0 Å². The summed E-state index contributed by atoms with van der Waals surface area (Å²) >= 11 is 5.57. The predicted molar refractivity (Wildman–Crippen MR) is 68.0 cm³/mol. The van der Waals surface area contributed by atoms with Gasteiger partial charge in [-0.1, -0.05) is 15.9 Å². The first kappa shape index (κ1) is 12.0. The van der Waals surface area contributed by atoms with E-state index in [1.54, 1.807) is 0 Å². The Bertz CT molecular complexity index is 339. The highest BCUT2D eigenvalue weighted by atomic mass is 127. The fourth-order valence-electron chi connectivity index (χ4n) is 1.14. The number of halogens is 2. The maximum Gasteiger partial charge on any atom is 0.337 e. The summed E-state index contributed by atoms with van der Waals surface area (Å²) in [5, 5.41) is 0.897. The van der Waals surface area contributed by atoms with Crippen molar-refractivity contribution in [3.05, 3.63) is 32.9 Å². The van der Waals surface area contributed by atoms with E-state index in [4.69, 9.17) is 0 Å². The number of hydrogen-bond donors (Lipinski definition) is 0. The molecule has 0 heterocycles. The van der Waals surface area contributed by atoms with Crippen LogP contribution in [0, 0.1) is 3.57 Å². The third kappa shape index (κ3) is 3.24. The molecule has 0 saturated heterocycles. The highest BCUT2D eigenvalue weighted by molar-refractivity contribution is 14.1. The summed E-state index contributed by atoms with van der Waals surface area (Å²) in [6, 6.07) is 5.76. The first-order chi connectivity index (χ1) is 6.67. The highest BCUT2D eigenvalue weighted by Crippen LogP contribution is 2.14. The van der Waals surface area contributed by atoms with Gasteiger partial charge in [0.1, 0.15) is 0 Å². The smallest absolute Gasteiger partial charge is 0.337 e. The number of hydrogen-bond acceptors (Lipinski definition) is 2. The van der Waals surface area contributed by atoms with Crippen molar-refractivity contribution in [2.75, 3.05) is 12.4 Å². The lowest BCUT2D eigenvalue weighted by Crippen LogP contribution is -2.02. The van der Waals surface area contributed by atoms with Gasteiger partial charge in [-0.05, 0) is 52.8 Å². The summed E-state index contributed by atoms with van der Waals surface area (Å²) in [6.07, 6.45) is 0.917. The Morgan fingerprint density at radius 1 is 1.50 bits per heavy atom. The van der Waals surface area contributed by atoms with E-state index < -0.39 is 0 Å². The van der Waals surface area contributed by atoms with Crippen molar-refractivity contribution in [3.63, 3.8) is 0 Å². The summed E-state index contributed by atoms with van der Waals surface area (Å²) in [5.74, 6) is -0.278. The number of rotatable bonds is 3. The third-order valence-corrected chi connectivity index (χ3v) is 2.78. The van der Waals surface area contributed by atoms with Gasteiger partial charge >= 0.3 is 5.97 Å². The van der Waals surface area contributed by atoms with Gasteiger partial charge in [-0.25, -0.2) is 4.79 Å². The Balaban J connectivity index is 3.00. The molecule has 0 fully saturated rings. The van der Waals surface area contributed by atoms with E-state index in [0.717, 1.165) is 20.9 Å². The van der Waals surface area contributed by atoms with Crippen LogP contribution in [0.1, 0.15) is 15.9 Å². The zero-order valence-corrected chi connectivity index (χ0v) is 11.5. The lowest BCUT2D eigenvalue weighted by molar-refractivity contribution is 0.0600.